The fourth-order valence-electron chi connectivity index (χ4n) is 2.97. The van der Waals surface area contributed by atoms with Gasteiger partial charge in [0.05, 0.1) is 5.41 Å². The number of piperidine rings is 1. The minimum Gasteiger partial charge on any atom is -0.455 e. The predicted octanol–water partition coefficient (Wildman–Crippen LogP) is 1.20. The number of hydrogen-bond acceptors (Lipinski definition) is 4. The number of benzene rings is 1. The zero-order valence-corrected chi connectivity index (χ0v) is 14.4. The highest BCUT2D eigenvalue weighted by Crippen LogP contribution is 2.37. The van der Waals surface area contributed by atoms with Crippen LogP contribution in [0.25, 0.3) is 0 Å². The van der Waals surface area contributed by atoms with Crippen molar-refractivity contribution in [2.24, 2.45) is 0 Å². The van der Waals surface area contributed by atoms with Gasteiger partial charge in [0.2, 0.25) is 5.91 Å². The zero-order chi connectivity index (χ0) is 17.7. The summed E-state index contributed by atoms with van der Waals surface area (Å²) in [6.07, 6.45) is 0.983. The number of carbonyl (C=O) groups is 3. The Kier molecular flexibility index (Phi) is 5.59. The van der Waals surface area contributed by atoms with Crippen LogP contribution in [0.3, 0.4) is 0 Å². The molecule has 0 aliphatic carbocycles. The molecule has 0 radical (unpaired) electrons. The number of rotatable bonds is 4. The fourth-order valence-corrected chi connectivity index (χ4v) is 2.97. The quantitative estimate of drug-likeness (QED) is 0.777. The van der Waals surface area contributed by atoms with Crippen LogP contribution in [-0.2, 0) is 24.5 Å². The second-order valence-electron chi connectivity index (χ2n) is 6.32. The summed E-state index contributed by atoms with van der Waals surface area (Å²) < 4.78 is 5.32. The molecule has 0 unspecified atom stereocenters. The summed E-state index contributed by atoms with van der Waals surface area (Å²) in [6, 6.07) is 9.46. The molecular formula is C18H24N2O4. The van der Waals surface area contributed by atoms with Crippen LogP contribution in [-0.4, -0.2) is 61.4 Å². The summed E-state index contributed by atoms with van der Waals surface area (Å²) in [6.45, 7) is 2.27. The average Bonchev–Trinajstić information content (AvgIpc) is 2.59. The second-order valence-corrected chi connectivity index (χ2v) is 6.32. The van der Waals surface area contributed by atoms with Gasteiger partial charge in [0, 0.05) is 34.1 Å². The van der Waals surface area contributed by atoms with Crippen molar-refractivity contribution in [1.29, 1.82) is 0 Å². The molecule has 6 heteroatoms. The molecular weight excluding hydrogens is 308 g/mol. The molecule has 0 N–H and O–H groups in total. The highest BCUT2D eigenvalue weighted by atomic mass is 16.5. The minimum absolute atomic E-state index is 0.00724. The van der Waals surface area contributed by atoms with Gasteiger partial charge in [0.25, 0.3) is 5.91 Å². The van der Waals surface area contributed by atoms with Gasteiger partial charge in [-0.3, -0.25) is 14.4 Å². The molecule has 0 bridgehead atoms. The lowest BCUT2D eigenvalue weighted by Gasteiger charge is -2.40. The second kappa shape index (κ2) is 7.47. The zero-order valence-electron chi connectivity index (χ0n) is 14.4. The summed E-state index contributed by atoms with van der Waals surface area (Å²) in [4.78, 5) is 39.2. The predicted molar refractivity (Wildman–Crippen MR) is 89.3 cm³/mol. The SMILES string of the molecule is CC(=O)N1CCC(C(=O)OCC(=O)N(C)C)(c2ccccc2)CC1. The fraction of sp³-hybridized carbons (Fsp3) is 0.500. The van der Waals surface area contributed by atoms with Crippen LogP contribution in [0.15, 0.2) is 30.3 Å². The van der Waals surface area contributed by atoms with Crippen molar-refractivity contribution in [3.05, 3.63) is 35.9 Å². The van der Waals surface area contributed by atoms with E-state index in [0.29, 0.717) is 25.9 Å². The van der Waals surface area contributed by atoms with Crippen molar-refractivity contribution in [2.75, 3.05) is 33.8 Å². The smallest absolute Gasteiger partial charge is 0.317 e. The first kappa shape index (κ1) is 18.0. The van der Waals surface area contributed by atoms with E-state index in [0.717, 1.165) is 5.56 Å². The Morgan fingerprint density at radius 3 is 2.21 bits per heavy atom. The molecule has 1 saturated heterocycles. The van der Waals surface area contributed by atoms with Crippen LogP contribution < -0.4 is 0 Å². The summed E-state index contributed by atoms with van der Waals surface area (Å²) in [5.41, 5.74) is 0.0651. The summed E-state index contributed by atoms with van der Waals surface area (Å²) >= 11 is 0. The lowest BCUT2D eigenvalue weighted by Crippen LogP contribution is -2.49. The van der Waals surface area contributed by atoms with E-state index in [9.17, 15) is 14.4 Å². The number of nitrogens with zero attached hydrogens (tertiary/aromatic N) is 2. The Morgan fingerprint density at radius 1 is 1.12 bits per heavy atom. The molecule has 2 rings (SSSR count). The van der Waals surface area contributed by atoms with Crippen molar-refractivity contribution in [3.63, 3.8) is 0 Å². The van der Waals surface area contributed by atoms with E-state index in [1.54, 1.807) is 19.0 Å². The molecule has 6 nitrogen and oxygen atoms in total. The largest absolute Gasteiger partial charge is 0.455 e. The van der Waals surface area contributed by atoms with E-state index in [-0.39, 0.29) is 18.4 Å². The lowest BCUT2D eigenvalue weighted by molar-refractivity contribution is -0.159. The number of esters is 1. The molecule has 0 aromatic heterocycles. The number of ether oxygens (including phenoxy) is 1. The van der Waals surface area contributed by atoms with Crippen LogP contribution in [0.5, 0.6) is 0 Å². The normalized spacial score (nSPS) is 16.4. The Hall–Kier alpha value is -2.37. The highest BCUT2D eigenvalue weighted by Gasteiger charge is 2.44. The maximum absolute atomic E-state index is 12.8. The Labute approximate surface area is 142 Å². The van der Waals surface area contributed by atoms with Crippen molar-refractivity contribution < 1.29 is 19.1 Å². The van der Waals surface area contributed by atoms with Gasteiger partial charge in [0.15, 0.2) is 6.61 Å². The molecule has 1 aromatic carbocycles. The number of carbonyl (C=O) groups excluding carboxylic acids is 3. The van der Waals surface area contributed by atoms with E-state index in [1.165, 1.54) is 11.8 Å². The van der Waals surface area contributed by atoms with Crippen LogP contribution in [0.4, 0.5) is 0 Å². The maximum Gasteiger partial charge on any atom is 0.317 e. The number of likely N-dealkylation sites (tertiary alicyclic amines) is 1. The first-order valence-electron chi connectivity index (χ1n) is 8.05. The van der Waals surface area contributed by atoms with Gasteiger partial charge in [-0.15, -0.1) is 0 Å². The van der Waals surface area contributed by atoms with E-state index in [1.807, 2.05) is 30.3 Å². The van der Waals surface area contributed by atoms with Crippen molar-refractivity contribution in [1.82, 2.24) is 9.80 Å². The third-order valence-electron chi connectivity index (χ3n) is 4.60. The van der Waals surface area contributed by atoms with Crippen molar-refractivity contribution in [3.8, 4) is 0 Å². The van der Waals surface area contributed by atoms with Crippen molar-refractivity contribution in [2.45, 2.75) is 25.2 Å². The molecule has 0 atom stereocenters. The third kappa shape index (κ3) is 3.75. The van der Waals surface area contributed by atoms with Gasteiger partial charge in [0.1, 0.15) is 0 Å². The first-order chi connectivity index (χ1) is 11.4. The topological polar surface area (TPSA) is 66.9 Å². The molecule has 1 aliphatic rings. The Balaban J connectivity index is 2.20. The standard InChI is InChI=1S/C18H24N2O4/c1-14(21)20-11-9-18(10-12-20,15-7-5-4-6-8-15)17(23)24-13-16(22)19(2)3/h4-8H,9-13H2,1-3H3. The molecule has 1 fully saturated rings. The van der Waals surface area contributed by atoms with Gasteiger partial charge in [-0.25, -0.2) is 0 Å². The summed E-state index contributed by atoms with van der Waals surface area (Å²) in [7, 11) is 3.24. The van der Waals surface area contributed by atoms with Gasteiger partial charge >= 0.3 is 5.97 Å². The van der Waals surface area contributed by atoms with E-state index in [4.69, 9.17) is 4.74 Å². The average molecular weight is 332 g/mol. The van der Waals surface area contributed by atoms with E-state index in [2.05, 4.69) is 0 Å². The van der Waals surface area contributed by atoms with Gasteiger partial charge in [-0.1, -0.05) is 30.3 Å². The number of hydrogen-bond donors (Lipinski definition) is 0. The Morgan fingerprint density at radius 2 is 1.71 bits per heavy atom. The molecule has 130 valence electrons. The van der Waals surface area contributed by atoms with Crippen LogP contribution in [0.2, 0.25) is 0 Å². The molecule has 0 saturated carbocycles. The molecule has 2 amide bonds. The highest BCUT2D eigenvalue weighted by molar-refractivity contribution is 5.87. The van der Waals surface area contributed by atoms with Gasteiger partial charge in [-0.2, -0.15) is 0 Å². The van der Waals surface area contributed by atoms with Crippen LogP contribution >= 0.6 is 0 Å². The summed E-state index contributed by atoms with van der Waals surface area (Å²) in [5, 5.41) is 0. The van der Waals surface area contributed by atoms with Crippen LogP contribution in [0, 0.1) is 0 Å². The molecule has 1 aromatic rings. The first-order valence-corrected chi connectivity index (χ1v) is 8.05. The minimum atomic E-state index is -0.806. The van der Waals surface area contributed by atoms with Crippen LogP contribution in [0.1, 0.15) is 25.3 Å². The molecule has 0 spiro atoms. The third-order valence-corrected chi connectivity index (χ3v) is 4.60. The van der Waals surface area contributed by atoms with Gasteiger partial charge in [-0.05, 0) is 18.4 Å². The number of amides is 2. The number of likely N-dealkylation sites (N-methyl/N-ethyl adjacent to an activating group) is 1. The maximum atomic E-state index is 12.8. The van der Waals surface area contributed by atoms with E-state index < -0.39 is 11.4 Å². The Bertz CT molecular complexity index is 605. The monoisotopic (exact) mass is 332 g/mol. The summed E-state index contributed by atoms with van der Waals surface area (Å²) in [5.74, 6) is -0.646. The molecule has 1 heterocycles. The van der Waals surface area contributed by atoms with E-state index >= 15 is 0 Å². The van der Waals surface area contributed by atoms with Crippen molar-refractivity contribution >= 4 is 17.8 Å². The van der Waals surface area contributed by atoms with Gasteiger partial charge < -0.3 is 14.5 Å². The molecule has 1 aliphatic heterocycles. The molecule has 24 heavy (non-hydrogen) atoms. The lowest BCUT2D eigenvalue weighted by atomic mass is 9.72.